The summed E-state index contributed by atoms with van der Waals surface area (Å²) in [4.78, 5) is 30.4. The second-order valence-electron chi connectivity index (χ2n) is 7.62. The van der Waals surface area contributed by atoms with Gasteiger partial charge < -0.3 is 14.7 Å². The van der Waals surface area contributed by atoms with Crippen LogP contribution in [-0.4, -0.2) is 39.9 Å². The summed E-state index contributed by atoms with van der Waals surface area (Å²) in [6, 6.07) is 0. The van der Waals surface area contributed by atoms with Crippen LogP contribution in [-0.2, 0) is 20.5 Å². The van der Waals surface area contributed by atoms with E-state index in [1.807, 2.05) is 41.5 Å². The highest BCUT2D eigenvalue weighted by atomic mass is 16.5. The summed E-state index contributed by atoms with van der Waals surface area (Å²) in [5, 5.41) is 6.94. The maximum absolute atomic E-state index is 12.5. The summed E-state index contributed by atoms with van der Waals surface area (Å²) >= 11 is 0. The molecule has 2 rings (SSSR count). The van der Waals surface area contributed by atoms with Crippen molar-refractivity contribution in [3.05, 3.63) is 11.7 Å². The number of hydrogen-bond donors (Lipinski definition) is 1. The fourth-order valence-corrected chi connectivity index (χ4v) is 2.50. The summed E-state index contributed by atoms with van der Waals surface area (Å²) in [7, 11) is 0. The van der Waals surface area contributed by atoms with Crippen molar-refractivity contribution in [1.29, 1.82) is 0 Å². The van der Waals surface area contributed by atoms with Crippen LogP contribution in [0.15, 0.2) is 4.52 Å². The average molecular weight is 322 g/mol. The monoisotopic (exact) mass is 322 g/mol. The summed E-state index contributed by atoms with van der Waals surface area (Å²) in [6.45, 7) is 12.6. The quantitative estimate of drug-likeness (QED) is 0.909. The molecule has 0 bridgehead atoms. The van der Waals surface area contributed by atoms with E-state index in [2.05, 4.69) is 15.5 Å². The molecule has 0 saturated carbocycles. The van der Waals surface area contributed by atoms with E-state index in [0.717, 1.165) is 0 Å². The first kappa shape index (κ1) is 17.4. The van der Waals surface area contributed by atoms with Gasteiger partial charge in [0, 0.05) is 24.9 Å². The van der Waals surface area contributed by atoms with Crippen molar-refractivity contribution in [2.45, 2.75) is 58.9 Å². The van der Waals surface area contributed by atoms with Gasteiger partial charge in [0.2, 0.25) is 17.7 Å². The predicted molar refractivity (Wildman–Crippen MR) is 84.5 cm³/mol. The maximum Gasteiger partial charge on any atom is 0.232 e. The Morgan fingerprint density at radius 3 is 2.48 bits per heavy atom. The van der Waals surface area contributed by atoms with E-state index in [9.17, 15) is 9.59 Å². The Hall–Kier alpha value is -1.92. The molecular formula is C16H26N4O3. The van der Waals surface area contributed by atoms with Crippen molar-refractivity contribution in [3.63, 3.8) is 0 Å². The Bertz CT molecular complexity index is 601. The highest BCUT2D eigenvalue weighted by Crippen LogP contribution is 2.25. The second kappa shape index (κ2) is 5.94. The molecule has 0 radical (unpaired) electrons. The van der Waals surface area contributed by atoms with Gasteiger partial charge >= 0.3 is 0 Å². The van der Waals surface area contributed by atoms with Crippen molar-refractivity contribution in [1.82, 2.24) is 20.4 Å². The zero-order valence-electron chi connectivity index (χ0n) is 14.8. The van der Waals surface area contributed by atoms with Gasteiger partial charge in [0.15, 0.2) is 5.82 Å². The minimum atomic E-state index is -0.757. The van der Waals surface area contributed by atoms with Gasteiger partial charge in [-0.05, 0) is 20.8 Å². The van der Waals surface area contributed by atoms with Crippen LogP contribution in [0.5, 0.6) is 0 Å². The molecule has 1 fully saturated rings. The highest BCUT2D eigenvalue weighted by Gasteiger charge is 2.37. The third kappa shape index (κ3) is 3.71. The Morgan fingerprint density at radius 2 is 2.00 bits per heavy atom. The van der Waals surface area contributed by atoms with Crippen molar-refractivity contribution < 1.29 is 14.1 Å². The van der Waals surface area contributed by atoms with Gasteiger partial charge in [-0.25, -0.2) is 0 Å². The minimum Gasteiger partial charge on any atom is -0.343 e. The first-order chi connectivity index (χ1) is 10.5. The second-order valence-corrected chi connectivity index (χ2v) is 7.62. The van der Waals surface area contributed by atoms with Crippen molar-refractivity contribution in [2.75, 3.05) is 13.1 Å². The van der Waals surface area contributed by atoms with E-state index in [0.29, 0.717) is 24.8 Å². The van der Waals surface area contributed by atoms with Crippen LogP contribution in [0.25, 0.3) is 0 Å². The molecule has 1 aromatic heterocycles. The number of nitrogens with zero attached hydrogens (tertiary/aromatic N) is 3. The van der Waals surface area contributed by atoms with Crippen LogP contribution in [0.2, 0.25) is 0 Å². The molecule has 7 heteroatoms. The number of hydrogen-bond acceptors (Lipinski definition) is 5. The molecule has 0 aliphatic carbocycles. The van der Waals surface area contributed by atoms with Gasteiger partial charge in [0.25, 0.3) is 0 Å². The first-order valence-corrected chi connectivity index (χ1v) is 7.99. The third-order valence-electron chi connectivity index (χ3n) is 4.03. The number of amides is 2. The van der Waals surface area contributed by atoms with E-state index in [-0.39, 0.29) is 29.6 Å². The predicted octanol–water partition coefficient (Wildman–Crippen LogP) is 1.59. The first-order valence-electron chi connectivity index (χ1n) is 7.99. The SMILES string of the molecule is CCN1CC(C(=O)NC(C)(C)c2noc(C(C)(C)C)n2)CC1=O. The largest absolute Gasteiger partial charge is 0.343 e. The summed E-state index contributed by atoms with van der Waals surface area (Å²) < 4.78 is 5.30. The summed E-state index contributed by atoms with van der Waals surface area (Å²) in [6.07, 6.45) is 0.259. The van der Waals surface area contributed by atoms with Gasteiger partial charge in [-0.3, -0.25) is 9.59 Å². The molecule has 1 N–H and O–H groups in total. The molecule has 1 aliphatic heterocycles. The Labute approximate surface area is 136 Å². The molecule has 1 aliphatic rings. The fraction of sp³-hybridized carbons (Fsp3) is 0.750. The average Bonchev–Trinajstić information content (AvgIpc) is 3.04. The van der Waals surface area contributed by atoms with E-state index >= 15 is 0 Å². The molecular weight excluding hydrogens is 296 g/mol. The molecule has 2 amide bonds. The molecule has 1 saturated heterocycles. The van der Waals surface area contributed by atoms with Crippen molar-refractivity contribution >= 4 is 11.8 Å². The zero-order valence-corrected chi connectivity index (χ0v) is 14.8. The molecule has 128 valence electrons. The molecule has 2 heterocycles. The lowest BCUT2D eigenvalue weighted by atomic mass is 9.96. The fourth-order valence-electron chi connectivity index (χ4n) is 2.50. The van der Waals surface area contributed by atoms with Crippen LogP contribution in [0.4, 0.5) is 0 Å². The number of nitrogens with one attached hydrogen (secondary N) is 1. The van der Waals surface area contributed by atoms with Gasteiger partial charge in [-0.2, -0.15) is 4.98 Å². The van der Waals surface area contributed by atoms with Crippen LogP contribution >= 0.6 is 0 Å². The van der Waals surface area contributed by atoms with Crippen molar-refractivity contribution in [2.24, 2.45) is 5.92 Å². The number of carbonyl (C=O) groups is 2. The number of likely N-dealkylation sites (tertiary alicyclic amines) is 1. The standard InChI is InChI=1S/C16H26N4O3/c1-7-20-9-10(8-11(20)21)12(22)18-16(5,6)13-17-14(23-19-13)15(2,3)4/h10H,7-9H2,1-6H3,(H,18,22). The van der Waals surface area contributed by atoms with E-state index < -0.39 is 5.54 Å². The Morgan fingerprint density at radius 1 is 1.35 bits per heavy atom. The Balaban J connectivity index is 2.07. The van der Waals surface area contributed by atoms with E-state index in [1.54, 1.807) is 4.90 Å². The normalized spacial score (nSPS) is 19.3. The minimum absolute atomic E-state index is 0.0278. The number of carbonyl (C=O) groups excluding carboxylic acids is 2. The smallest absolute Gasteiger partial charge is 0.232 e. The van der Waals surface area contributed by atoms with Gasteiger partial charge in [0.1, 0.15) is 0 Å². The van der Waals surface area contributed by atoms with Crippen LogP contribution in [0.3, 0.4) is 0 Å². The lowest BCUT2D eigenvalue weighted by Crippen LogP contribution is -2.45. The molecule has 0 spiro atoms. The van der Waals surface area contributed by atoms with Crippen LogP contribution in [0.1, 0.15) is 59.7 Å². The van der Waals surface area contributed by atoms with Gasteiger partial charge in [-0.15, -0.1) is 0 Å². The topological polar surface area (TPSA) is 88.3 Å². The van der Waals surface area contributed by atoms with Crippen molar-refractivity contribution in [3.8, 4) is 0 Å². The van der Waals surface area contributed by atoms with Crippen LogP contribution in [0, 0.1) is 5.92 Å². The van der Waals surface area contributed by atoms with E-state index in [4.69, 9.17) is 4.52 Å². The molecule has 1 unspecified atom stereocenters. The maximum atomic E-state index is 12.5. The zero-order chi connectivity index (χ0) is 17.4. The molecule has 23 heavy (non-hydrogen) atoms. The highest BCUT2D eigenvalue weighted by molar-refractivity contribution is 5.89. The van der Waals surface area contributed by atoms with Crippen LogP contribution < -0.4 is 5.32 Å². The molecule has 1 atom stereocenters. The van der Waals surface area contributed by atoms with E-state index in [1.165, 1.54) is 0 Å². The molecule has 0 aromatic carbocycles. The van der Waals surface area contributed by atoms with Gasteiger partial charge in [0.05, 0.1) is 11.5 Å². The Kier molecular flexibility index (Phi) is 4.50. The lowest BCUT2D eigenvalue weighted by Gasteiger charge is -2.24. The third-order valence-corrected chi connectivity index (χ3v) is 4.03. The number of rotatable bonds is 4. The van der Waals surface area contributed by atoms with Gasteiger partial charge in [-0.1, -0.05) is 25.9 Å². The summed E-state index contributed by atoms with van der Waals surface area (Å²) in [5.74, 6) is 0.521. The molecule has 1 aromatic rings. The summed E-state index contributed by atoms with van der Waals surface area (Å²) in [5.41, 5.74) is -1.00. The lowest BCUT2D eigenvalue weighted by molar-refractivity contribution is -0.129. The molecule has 7 nitrogen and oxygen atoms in total. The number of aromatic nitrogens is 2.